The first-order valence-electron chi connectivity index (χ1n) is 7.28. The fraction of sp³-hybridized carbons (Fsp3) is 0.375. The third-order valence-electron chi connectivity index (χ3n) is 3.26. The molecule has 3 N–H and O–H groups in total. The smallest absolute Gasteiger partial charge is 0.188 e. The standard InChI is InChI=1S/C16H23N5/c1-3-7-19-16(17)20-11-14-5-4-6-15(10-14)12-21-9-8-18-13(21)2/h4-6,8-10H,3,7,11-12H2,1-2H3,(H3,17,19,20). The number of aromatic nitrogens is 2. The van der Waals surface area contributed by atoms with Crippen LogP contribution in [0.15, 0.2) is 41.7 Å². The summed E-state index contributed by atoms with van der Waals surface area (Å²) in [5.74, 6) is 1.53. The zero-order valence-corrected chi connectivity index (χ0v) is 12.7. The van der Waals surface area contributed by atoms with Gasteiger partial charge in [0.05, 0.1) is 6.54 Å². The van der Waals surface area contributed by atoms with Gasteiger partial charge in [-0.25, -0.2) is 9.98 Å². The maximum Gasteiger partial charge on any atom is 0.188 e. The van der Waals surface area contributed by atoms with Crippen LogP contribution in [0.5, 0.6) is 0 Å². The molecule has 0 atom stereocenters. The fourth-order valence-corrected chi connectivity index (χ4v) is 2.08. The van der Waals surface area contributed by atoms with Gasteiger partial charge < -0.3 is 15.6 Å². The zero-order valence-electron chi connectivity index (χ0n) is 12.7. The topological polar surface area (TPSA) is 68.2 Å². The van der Waals surface area contributed by atoms with Crippen LogP contribution in [0.1, 0.15) is 30.3 Å². The third-order valence-corrected chi connectivity index (χ3v) is 3.26. The molecule has 1 aromatic carbocycles. The van der Waals surface area contributed by atoms with Crippen molar-refractivity contribution in [1.29, 1.82) is 0 Å². The molecule has 0 radical (unpaired) electrons. The Morgan fingerprint density at radius 3 is 2.90 bits per heavy atom. The van der Waals surface area contributed by atoms with Crippen molar-refractivity contribution < 1.29 is 0 Å². The number of benzene rings is 1. The number of nitrogens with one attached hydrogen (secondary N) is 1. The number of hydrogen-bond acceptors (Lipinski definition) is 2. The lowest BCUT2D eigenvalue weighted by Gasteiger charge is -2.07. The van der Waals surface area contributed by atoms with Gasteiger partial charge in [0.2, 0.25) is 0 Å². The molecule has 1 heterocycles. The summed E-state index contributed by atoms with van der Waals surface area (Å²) in [6.07, 6.45) is 4.85. The van der Waals surface area contributed by atoms with Gasteiger partial charge in [-0.15, -0.1) is 0 Å². The van der Waals surface area contributed by atoms with Crippen molar-refractivity contribution >= 4 is 5.96 Å². The molecule has 5 nitrogen and oxygen atoms in total. The predicted molar refractivity (Wildman–Crippen MR) is 86.1 cm³/mol. The van der Waals surface area contributed by atoms with Crippen molar-refractivity contribution in [2.24, 2.45) is 10.7 Å². The van der Waals surface area contributed by atoms with Crippen LogP contribution < -0.4 is 11.1 Å². The molecule has 112 valence electrons. The minimum absolute atomic E-state index is 0.507. The predicted octanol–water partition coefficient (Wildman–Crippen LogP) is 2.05. The summed E-state index contributed by atoms with van der Waals surface area (Å²) in [5, 5.41) is 3.08. The Kier molecular flexibility index (Phi) is 5.37. The Balaban J connectivity index is 1.99. The lowest BCUT2D eigenvalue weighted by atomic mass is 10.1. The summed E-state index contributed by atoms with van der Waals surface area (Å²) in [7, 11) is 0. The van der Waals surface area contributed by atoms with Gasteiger partial charge in [-0.05, 0) is 24.5 Å². The van der Waals surface area contributed by atoms with Crippen LogP contribution in [0.2, 0.25) is 0 Å². The minimum Gasteiger partial charge on any atom is -0.370 e. The summed E-state index contributed by atoms with van der Waals surface area (Å²) < 4.78 is 2.12. The highest BCUT2D eigenvalue weighted by Crippen LogP contribution is 2.09. The molecule has 1 aromatic heterocycles. The molecular formula is C16H23N5. The fourth-order valence-electron chi connectivity index (χ4n) is 2.08. The first-order valence-corrected chi connectivity index (χ1v) is 7.28. The number of hydrogen-bond donors (Lipinski definition) is 2. The largest absolute Gasteiger partial charge is 0.370 e. The number of nitrogens with zero attached hydrogens (tertiary/aromatic N) is 3. The van der Waals surface area contributed by atoms with E-state index in [1.54, 1.807) is 0 Å². The monoisotopic (exact) mass is 285 g/mol. The van der Waals surface area contributed by atoms with E-state index in [4.69, 9.17) is 5.73 Å². The Labute approximate surface area is 125 Å². The average molecular weight is 285 g/mol. The van der Waals surface area contributed by atoms with Crippen LogP contribution in [-0.2, 0) is 13.1 Å². The van der Waals surface area contributed by atoms with Crippen molar-refractivity contribution in [3.05, 3.63) is 53.6 Å². The highest BCUT2D eigenvalue weighted by Gasteiger charge is 2.00. The van der Waals surface area contributed by atoms with E-state index in [-0.39, 0.29) is 0 Å². The summed E-state index contributed by atoms with van der Waals surface area (Å²) in [5.41, 5.74) is 8.20. The highest BCUT2D eigenvalue weighted by atomic mass is 15.1. The molecule has 5 heteroatoms. The van der Waals surface area contributed by atoms with Crippen molar-refractivity contribution in [3.8, 4) is 0 Å². The average Bonchev–Trinajstić information content (AvgIpc) is 2.88. The molecular weight excluding hydrogens is 262 g/mol. The van der Waals surface area contributed by atoms with Crippen molar-refractivity contribution in [3.63, 3.8) is 0 Å². The van der Waals surface area contributed by atoms with Crippen molar-refractivity contribution in [1.82, 2.24) is 14.9 Å². The Bertz CT molecular complexity index is 600. The summed E-state index contributed by atoms with van der Waals surface area (Å²) in [6, 6.07) is 8.41. The van der Waals surface area contributed by atoms with E-state index in [2.05, 4.69) is 51.0 Å². The number of imidazole rings is 1. The van der Waals surface area contributed by atoms with Gasteiger partial charge in [0, 0.05) is 25.5 Å². The number of rotatable bonds is 6. The summed E-state index contributed by atoms with van der Waals surface area (Å²) in [6.45, 7) is 6.39. The second kappa shape index (κ2) is 7.47. The van der Waals surface area contributed by atoms with E-state index in [0.29, 0.717) is 12.5 Å². The number of guanidine groups is 1. The van der Waals surface area contributed by atoms with E-state index in [1.165, 1.54) is 5.56 Å². The molecule has 0 aliphatic heterocycles. The van der Waals surface area contributed by atoms with Crippen LogP contribution in [0.3, 0.4) is 0 Å². The number of nitrogens with two attached hydrogens (primary N) is 1. The van der Waals surface area contributed by atoms with E-state index in [1.807, 2.05) is 19.3 Å². The molecule has 0 aliphatic carbocycles. The lowest BCUT2D eigenvalue weighted by Crippen LogP contribution is -2.32. The molecule has 21 heavy (non-hydrogen) atoms. The van der Waals surface area contributed by atoms with E-state index < -0.39 is 0 Å². The van der Waals surface area contributed by atoms with E-state index in [9.17, 15) is 0 Å². The first-order chi connectivity index (χ1) is 10.2. The van der Waals surface area contributed by atoms with Crippen LogP contribution in [0.25, 0.3) is 0 Å². The molecule has 0 unspecified atom stereocenters. The van der Waals surface area contributed by atoms with Gasteiger partial charge in [-0.3, -0.25) is 0 Å². The SMILES string of the molecule is CCCNC(N)=NCc1cccc(Cn2ccnc2C)c1. The molecule has 0 amide bonds. The number of aliphatic imine (C=N–C) groups is 1. The molecule has 2 aromatic rings. The second-order valence-corrected chi connectivity index (χ2v) is 5.05. The van der Waals surface area contributed by atoms with E-state index in [0.717, 1.165) is 30.9 Å². The summed E-state index contributed by atoms with van der Waals surface area (Å²) in [4.78, 5) is 8.59. The quantitative estimate of drug-likeness (QED) is 0.630. The summed E-state index contributed by atoms with van der Waals surface area (Å²) >= 11 is 0. The molecule has 0 bridgehead atoms. The van der Waals surface area contributed by atoms with Crippen molar-refractivity contribution in [2.75, 3.05) is 6.54 Å². The maximum absolute atomic E-state index is 5.80. The molecule has 0 fully saturated rings. The van der Waals surface area contributed by atoms with Gasteiger partial charge >= 0.3 is 0 Å². The van der Waals surface area contributed by atoms with Gasteiger partial charge in [0.1, 0.15) is 5.82 Å². The van der Waals surface area contributed by atoms with Gasteiger partial charge in [0.25, 0.3) is 0 Å². The Morgan fingerprint density at radius 2 is 2.19 bits per heavy atom. The maximum atomic E-state index is 5.80. The van der Waals surface area contributed by atoms with Gasteiger partial charge in [-0.1, -0.05) is 31.2 Å². The molecule has 0 saturated heterocycles. The molecule has 2 rings (SSSR count). The number of aryl methyl sites for hydroxylation is 1. The Morgan fingerprint density at radius 1 is 1.38 bits per heavy atom. The van der Waals surface area contributed by atoms with Crippen LogP contribution >= 0.6 is 0 Å². The molecule has 0 aliphatic rings. The molecule has 0 saturated carbocycles. The van der Waals surface area contributed by atoms with Crippen LogP contribution in [0.4, 0.5) is 0 Å². The van der Waals surface area contributed by atoms with E-state index >= 15 is 0 Å². The van der Waals surface area contributed by atoms with Crippen molar-refractivity contribution in [2.45, 2.75) is 33.4 Å². The third kappa shape index (κ3) is 4.63. The zero-order chi connectivity index (χ0) is 15.1. The second-order valence-electron chi connectivity index (χ2n) is 5.05. The highest BCUT2D eigenvalue weighted by molar-refractivity contribution is 5.77. The first kappa shape index (κ1) is 15.1. The van der Waals surface area contributed by atoms with Crippen LogP contribution in [0, 0.1) is 6.92 Å². The normalized spacial score (nSPS) is 11.6. The van der Waals surface area contributed by atoms with Crippen LogP contribution in [-0.4, -0.2) is 22.1 Å². The lowest BCUT2D eigenvalue weighted by molar-refractivity contribution is 0.760. The van der Waals surface area contributed by atoms with Gasteiger partial charge in [0.15, 0.2) is 5.96 Å². The Hall–Kier alpha value is -2.30. The minimum atomic E-state index is 0.507. The molecule has 0 spiro atoms. The van der Waals surface area contributed by atoms with Gasteiger partial charge in [-0.2, -0.15) is 0 Å².